The fourth-order valence-corrected chi connectivity index (χ4v) is 2.20. The van der Waals surface area contributed by atoms with E-state index < -0.39 is 0 Å². The largest absolute Gasteiger partial charge is 0.396 e. The second kappa shape index (κ2) is 6.43. The predicted octanol–water partition coefficient (Wildman–Crippen LogP) is 0.357. The monoisotopic (exact) mass is 281 g/mol. The minimum absolute atomic E-state index is 0.147. The molecule has 2 rings (SSSR count). The van der Waals surface area contributed by atoms with Crippen LogP contribution < -0.4 is 5.32 Å². The number of aliphatic hydroxyl groups is 1. The lowest BCUT2D eigenvalue weighted by Gasteiger charge is -2.09. The fraction of sp³-hybridized carbons (Fsp3) is 0.500. The molecule has 0 aliphatic rings. The van der Waals surface area contributed by atoms with Crippen LogP contribution >= 0.6 is 11.8 Å². The lowest BCUT2D eigenvalue weighted by atomic mass is 10.4. The maximum atomic E-state index is 8.92. The number of aliphatic hydroxyl groups excluding tert-OH is 1. The van der Waals surface area contributed by atoms with Gasteiger partial charge in [-0.3, -0.25) is 0 Å². The van der Waals surface area contributed by atoms with Crippen LogP contribution in [0.1, 0.15) is 13.3 Å². The SMILES string of the molecule is CNc1nc(SC(C)CCO)nc(-n2cncn2)n1. The molecular weight excluding hydrogens is 266 g/mol. The summed E-state index contributed by atoms with van der Waals surface area (Å²) >= 11 is 1.49. The van der Waals surface area contributed by atoms with Crippen molar-refractivity contribution >= 4 is 17.7 Å². The lowest BCUT2D eigenvalue weighted by molar-refractivity contribution is 0.289. The van der Waals surface area contributed by atoms with Crippen LogP contribution in [-0.4, -0.2) is 53.7 Å². The van der Waals surface area contributed by atoms with Gasteiger partial charge >= 0.3 is 0 Å². The third-order valence-electron chi connectivity index (χ3n) is 2.29. The van der Waals surface area contributed by atoms with E-state index in [9.17, 15) is 0 Å². The highest BCUT2D eigenvalue weighted by Crippen LogP contribution is 2.22. The van der Waals surface area contributed by atoms with E-state index in [1.807, 2.05) is 6.92 Å². The summed E-state index contributed by atoms with van der Waals surface area (Å²) in [5.74, 6) is 0.884. The molecule has 0 aliphatic carbocycles. The summed E-state index contributed by atoms with van der Waals surface area (Å²) < 4.78 is 1.48. The van der Waals surface area contributed by atoms with E-state index in [1.54, 1.807) is 7.05 Å². The molecule has 0 saturated carbocycles. The summed E-state index contributed by atoms with van der Waals surface area (Å²) in [5, 5.41) is 16.6. The second-order valence-electron chi connectivity index (χ2n) is 3.77. The smallest absolute Gasteiger partial charge is 0.257 e. The summed E-state index contributed by atoms with van der Waals surface area (Å²) in [5.41, 5.74) is 0. The van der Waals surface area contributed by atoms with Crippen molar-refractivity contribution < 1.29 is 5.11 Å². The van der Waals surface area contributed by atoms with Gasteiger partial charge in [0.1, 0.15) is 12.7 Å². The van der Waals surface area contributed by atoms with E-state index in [4.69, 9.17) is 5.11 Å². The minimum Gasteiger partial charge on any atom is -0.396 e. The van der Waals surface area contributed by atoms with Crippen LogP contribution in [0.15, 0.2) is 17.8 Å². The molecule has 0 aliphatic heterocycles. The van der Waals surface area contributed by atoms with Gasteiger partial charge in [-0.15, -0.1) is 0 Å². The number of hydrogen-bond donors (Lipinski definition) is 2. The van der Waals surface area contributed by atoms with Gasteiger partial charge in [0, 0.05) is 18.9 Å². The van der Waals surface area contributed by atoms with Crippen molar-refractivity contribution in [2.24, 2.45) is 0 Å². The number of aromatic nitrogens is 6. The zero-order valence-electron chi connectivity index (χ0n) is 10.7. The number of thioether (sulfide) groups is 1. The molecule has 0 amide bonds. The van der Waals surface area contributed by atoms with Gasteiger partial charge in [0.05, 0.1) is 0 Å². The molecule has 0 radical (unpaired) electrons. The number of hydrogen-bond acceptors (Lipinski definition) is 8. The van der Waals surface area contributed by atoms with Gasteiger partial charge in [-0.2, -0.15) is 24.7 Å². The molecule has 0 saturated heterocycles. The molecule has 1 unspecified atom stereocenters. The van der Waals surface area contributed by atoms with Gasteiger partial charge in [0.2, 0.25) is 5.95 Å². The summed E-state index contributed by atoms with van der Waals surface area (Å²) in [6.45, 7) is 2.16. The van der Waals surface area contributed by atoms with E-state index in [2.05, 4.69) is 30.4 Å². The first-order valence-corrected chi connectivity index (χ1v) is 6.67. The van der Waals surface area contributed by atoms with Gasteiger partial charge in [-0.25, -0.2) is 4.98 Å². The molecule has 0 spiro atoms. The fourth-order valence-electron chi connectivity index (χ4n) is 1.35. The van der Waals surface area contributed by atoms with Crippen LogP contribution in [0.25, 0.3) is 5.95 Å². The van der Waals surface area contributed by atoms with Gasteiger partial charge in [-0.1, -0.05) is 18.7 Å². The highest BCUT2D eigenvalue weighted by molar-refractivity contribution is 7.99. The van der Waals surface area contributed by atoms with E-state index in [1.165, 1.54) is 29.1 Å². The van der Waals surface area contributed by atoms with Gasteiger partial charge in [0.15, 0.2) is 5.16 Å². The van der Waals surface area contributed by atoms with Crippen molar-refractivity contribution in [1.82, 2.24) is 29.7 Å². The van der Waals surface area contributed by atoms with E-state index in [0.717, 1.165) is 0 Å². The number of rotatable bonds is 6. The number of nitrogens with zero attached hydrogens (tertiary/aromatic N) is 6. The molecule has 9 heteroatoms. The van der Waals surface area contributed by atoms with Crippen LogP contribution in [0.5, 0.6) is 0 Å². The average Bonchev–Trinajstić information content (AvgIpc) is 2.92. The van der Waals surface area contributed by atoms with Crippen molar-refractivity contribution in [3.63, 3.8) is 0 Å². The Morgan fingerprint density at radius 1 is 1.42 bits per heavy atom. The van der Waals surface area contributed by atoms with Gasteiger partial charge < -0.3 is 10.4 Å². The van der Waals surface area contributed by atoms with E-state index in [0.29, 0.717) is 23.5 Å². The quantitative estimate of drug-likeness (QED) is 0.732. The van der Waals surface area contributed by atoms with Crippen molar-refractivity contribution in [2.45, 2.75) is 23.8 Å². The first kappa shape index (κ1) is 13.7. The standard InChI is InChI=1S/C10H15N7OS/c1-7(3-4-18)19-10-15-8(11-2)14-9(16-10)17-6-12-5-13-17/h5-7,18H,3-4H2,1-2H3,(H,11,14,15,16). The van der Waals surface area contributed by atoms with Crippen LogP contribution in [-0.2, 0) is 0 Å². The topological polar surface area (TPSA) is 102 Å². The summed E-state index contributed by atoms with van der Waals surface area (Å²) in [6, 6.07) is 0. The third kappa shape index (κ3) is 3.61. The average molecular weight is 281 g/mol. The molecule has 2 aromatic rings. The zero-order chi connectivity index (χ0) is 13.7. The zero-order valence-corrected chi connectivity index (χ0v) is 11.5. The number of anilines is 1. The minimum atomic E-state index is 0.147. The maximum Gasteiger partial charge on any atom is 0.257 e. The summed E-state index contributed by atoms with van der Waals surface area (Å²) in [4.78, 5) is 16.7. The van der Waals surface area contributed by atoms with Crippen molar-refractivity contribution in [2.75, 3.05) is 19.0 Å². The molecule has 0 aromatic carbocycles. The molecule has 1 atom stereocenters. The Morgan fingerprint density at radius 3 is 2.89 bits per heavy atom. The van der Waals surface area contributed by atoms with E-state index >= 15 is 0 Å². The van der Waals surface area contributed by atoms with Crippen molar-refractivity contribution in [1.29, 1.82) is 0 Å². The lowest BCUT2D eigenvalue weighted by Crippen LogP contribution is -2.09. The highest BCUT2D eigenvalue weighted by Gasteiger charge is 2.11. The van der Waals surface area contributed by atoms with Crippen LogP contribution in [0.2, 0.25) is 0 Å². The Bertz CT molecular complexity index is 519. The summed E-state index contributed by atoms with van der Waals surface area (Å²) in [6.07, 6.45) is 3.63. The highest BCUT2D eigenvalue weighted by atomic mass is 32.2. The molecule has 2 heterocycles. The molecule has 0 bridgehead atoms. The molecular formula is C10H15N7OS. The number of nitrogens with one attached hydrogen (secondary N) is 1. The summed E-state index contributed by atoms with van der Waals surface area (Å²) in [7, 11) is 1.74. The third-order valence-corrected chi connectivity index (χ3v) is 3.32. The predicted molar refractivity (Wildman–Crippen MR) is 71.3 cm³/mol. The molecule has 2 aromatic heterocycles. The Labute approximate surface area is 114 Å². The Balaban J connectivity index is 2.26. The van der Waals surface area contributed by atoms with E-state index in [-0.39, 0.29) is 11.9 Å². The molecule has 8 nitrogen and oxygen atoms in total. The van der Waals surface area contributed by atoms with Gasteiger partial charge in [0.25, 0.3) is 5.95 Å². The van der Waals surface area contributed by atoms with Crippen LogP contribution in [0, 0.1) is 0 Å². The van der Waals surface area contributed by atoms with Crippen molar-refractivity contribution in [3.8, 4) is 5.95 Å². The molecule has 19 heavy (non-hydrogen) atoms. The molecule has 102 valence electrons. The Kier molecular flexibility index (Phi) is 4.63. The normalized spacial score (nSPS) is 12.4. The Hall–Kier alpha value is -1.74. The van der Waals surface area contributed by atoms with Crippen molar-refractivity contribution in [3.05, 3.63) is 12.7 Å². The molecule has 2 N–H and O–H groups in total. The van der Waals surface area contributed by atoms with Gasteiger partial charge in [-0.05, 0) is 6.42 Å². The molecule has 0 fully saturated rings. The maximum absolute atomic E-state index is 8.92. The van der Waals surface area contributed by atoms with Crippen LogP contribution in [0.4, 0.5) is 5.95 Å². The second-order valence-corrected chi connectivity index (χ2v) is 5.18. The first-order valence-electron chi connectivity index (χ1n) is 5.79. The Morgan fingerprint density at radius 2 is 2.26 bits per heavy atom. The van der Waals surface area contributed by atoms with Crippen LogP contribution in [0.3, 0.4) is 0 Å². The first-order chi connectivity index (χ1) is 9.22.